The van der Waals surface area contributed by atoms with E-state index in [1.165, 1.54) is 19.8 Å². The summed E-state index contributed by atoms with van der Waals surface area (Å²) in [5.41, 5.74) is 0. The minimum atomic E-state index is -3.38. The molecule has 2 unspecified atom stereocenters. The Morgan fingerprint density at radius 2 is 1.83 bits per heavy atom. The number of carbonyl (C=O) groups is 1. The lowest BCUT2D eigenvalue weighted by atomic mass is 9.96. The van der Waals surface area contributed by atoms with Crippen molar-refractivity contribution in [1.82, 2.24) is 0 Å². The first kappa shape index (κ1) is 18.1. The predicted octanol–water partition coefficient (Wildman–Crippen LogP) is 4.59. The Bertz CT molecular complexity index is 247. The van der Waals surface area contributed by atoms with Crippen molar-refractivity contribution in [3.63, 3.8) is 0 Å². The quantitative estimate of drug-likeness (QED) is 0.255. The maximum atomic E-state index is 13.6. The zero-order valence-corrected chi connectivity index (χ0v) is 13.5. The Balaban J connectivity index is 4.09. The van der Waals surface area contributed by atoms with Gasteiger partial charge in [-0.2, -0.15) is 8.78 Å². The van der Waals surface area contributed by atoms with Crippen LogP contribution in [0.3, 0.4) is 0 Å². The van der Waals surface area contributed by atoms with Crippen LogP contribution in [0.2, 0.25) is 0 Å². The van der Waals surface area contributed by atoms with Crippen LogP contribution in [0.5, 0.6) is 0 Å². The highest BCUT2D eigenvalue weighted by Gasteiger charge is 2.48. The maximum absolute atomic E-state index is 13.6. The Morgan fingerprint density at radius 1 is 1.28 bits per heavy atom. The second-order valence-electron chi connectivity index (χ2n) is 4.62. The molecule has 0 N–H and O–H groups in total. The number of hydrogen-bond donors (Lipinski definition) is 0. The van der Waals surface area contributed by atoms with Crippen LogP contribution in [-0.4, -0.2) is 22.9 Å². The minimum absolute atomic E-state index is 0.210. The van der Waals surface area contributed by atoms with Gasteiger partial charge in [0.05, 0.1) is 7.11 Å². The lowest BCUT2D eigenvalue weighted by molar-refractivity contribution is -0.176. The largest absolute Gasteiger partial charge is 0.465 e. The van der Waals surface area contributed by atoms with E-state index in [0.717, 1.165) is 32.8 Å². The number of ether oxygens (including phenoxy) is 1. The third-order valence-electron chi connectivity index (χ3n) is 3.16. The summed E-state index contributed by atoms with van der Waals surface area (Å²) in [7, 11) is 0.996. The van der Waals surface area contributed by atoms with Gasteiger partial charge >= 0.3 is 11.9 Å². The molecule has 0 saturated carbocycles. The van der Waals surface area contributed by atoms with E-state index in [9.17, 15) is 13.6 Å². The van der Waals surface area contributed by atoms with Gasteiger partial charge in [0, 0.05) is 9.84 Å². The molecular weight excluding hydrogens is 353 g/mol. The van der Waals surface area contributed by atoms with Gasteiger partial charge in [0.2, 0.25) is 0 Å². The Kier molecular flexibility index (Phi) is 9.07. The fraction of sp³-hybridized carbons (Fsp3) is 0.923. The number of halogens is 3. The molecule has 0 spiro atoms. The van der Waals surface area contributed by atoms with Crippen LogP contribution in [0.1, 0.15) is 52.4 Å². The van der Waals surface area contributed by atoms with E-state index in [-0.39, 0.29) is 3.92 Å². The van der Waals surface area contributed by atoms with Crippen LogP contribution in [-0.2, 0) is 9.53 Å². The summed E-state index contributed by atoms with van der Waals surface area (Å²) in [4.78, 5) is 11.0. The molecular formula is C13H23F2IO2. The summed E-state index contributed by atoms with van der Waals surface area (Å²) >= 11 is 2.02. The fourth-order valence-electron chi connectivity index (χ4n) is 1.74. The van der Waals surface area contributed by atoms with Gasteiger partial charge < -0.3 is 4.74 Å². The molecule has 5 heteroatoms. The van der Waals surface area contributed by atoms with Crippen molar-refractivity contribution in [1.29, 1.82) is 0 Å². The molecule has 108 valence electrons. The molecule has 0 amide bonds. The van der Waals surface area contributed by atoms with Gasteiger partial charge in [0.15, 0.2) is 0 Å². The second-order valence-corrected chi connectivity index (χ2v) is 6.22. The smallest absolute Gasteiger partial charge is 0.377 e. The molecule has 2 atom stereocenters. The van der Waals surface area contributed by atoms with E-state index in [1.54, 1.807) is 0 Å². The van der Waals surface area contributed by atoms with E-state index in [0.29, 0.717) is 0 Å². The maximum Gasteiger partial charge on any atom is 0.377 e. The summed E-state index contributed by atoms with van der Waals surface area (Å²) in [5.74, 6) is -5.80. The van der Waals surface area contributed by atoms with Crippen LogP contribution < -0.4 is 0 Å². The number of hydrogen-bond acceptors (Lipinski definition) is 2. The fourth-order valence-corrected chi connectivity index (χ4v) is 2.63. The second kappa shape index (κ2) is 9.04. The first-order valence-corrected chi connectivity index (χ1v) is 7.72. The molecule has 2 nitrogen and oxygen atoms in total. The molecule has 0 aliphatic carbocycles. The lowest BCUT2D eigenvalue weighted by Crippen LogP contribution is -2.40. The standard InChI is InChI=1S/C13H23F2IO2/c1-4-5-6-7-8-9-11(16)10(2)13(14,15)12(17)18-3/h10-11H,4-9H2,1-3H3. The van der Waals surface area contributed by atoms with E-state index in [2.05, 4.69) is 11.7 Å². The Labute approximate surface area is 122 Å². The molecule has 0 heterocycles. The average molecular weight is 376 g/mol. The molecule has 0 aliphatic heterocycles. The number of alkyl halides is 3. The number of rotatable bonds is 9. The van der Waals surface area contributed by atoms with Crippen molar-refractivity contribution in [2.75, 3.05) is 7.11 Å². The van der Waals surface area contributed by atoms with Gasteiger partial charge in [-0.25, -0.2) is 4.79 Å². The topological polar surface area (TPSA) is 26.3 Å². The van der Waals surface area contributed by atoms with Gasteiger partial charge in [-0.15, -0.1) is 0 Å². The molecule has 0 rings (SSSR count). The molecule has 0 saturated heterocycles. The monoisotopic (exact) mass is 376 g/mol. The van der Waals surface area contributed by atoms with E-state index in [1.807, 2.05) is 22.6 Å². The summed E-state index contributed by atoms with van der Waals surface area (Å²) in [6, 6.07) is 0. The van der Waals surface area contributed by atoms with Gasteiger partial charge in [0.1, 0.15) is 0 Å². The van der Waals surface area contributed by atoms with Crippen molar-refractivity contribution in [3.8, 4) is 0 Å². The van der Waals surface area contributed by atoms with Crippen LogP contribution in [0, 0.1) is 5.92 Å². The zero-order chi connectivity index (χ0) is 14.2. The van der Waals surface area contributed by atoms with Crippen LogP contribution >= 0.6 is 22.6 Å². The SMILES string of the molecule is CCCCCCCC(I)C(C)C(F)(F)C(=O)OC. The molecule has 0 aromatic rings. The van der Waals surface area contributed by atoms with Gasteiger partial charge in [-0.3, -0.25) is 0 Å². The number of methoxy groups -OCH3 is 1. The van der Waals surface area contributed by atoms with Crippen LogP contribution in [0.15, 0.2) is 0 Å². The van der Waals surface area contributed by atoms with Crippen molar-refractivity contribution < 1.29 is 18.3 Å². The van der Waals surface area contributed by atoms with Crippen molar-refractivity contribution in [3.05, 3.63) is 0 Å². The summed E-state index contributed by atoms with van der Waals surface area (Å²) < 4.78 is 31.2. The normalized spacial score (nSPS) is 15.2. The van der Waals surface area contributed by atoms with Crippen molar-refractivity contribution in [2.45, 2.75) is 62.2 Å². The lowest BCUT2D eigenvalue weighted by Gasteiger charge is -2.25. The molecule has 0 fully saturated rings. The van der Waals surface area contributed by atoms with Crippen LogP contribution in [0.4, 0.5) is 8.78 Å². The summed E-state index contributed by atoms with van der Waals surface area (Å²) in [6.07, 6.45) is 6.25. The molecule has 0 bridgehead atoms. The van der Waals surface area contributed by atoms with E-state index < -0.39 is 17.8 Å². The van der Waals surface area contributed by atoms with Gasteiger partial charge in [0.25, 0.3) is 0 Å². The first-order chi connectivity index (χ1) is 8.37. The van der Waals surface area contributed by atoms with Gasteiger partial charge in [-0.05, 0) is 6.42 Å². The number of unbranched alkanes of at least 4 members (excludes halogenated alkanes) is 4. The summed E-state index contributed by atoms with van der Waals surface area (Å²) in [5, 5.41) is 0. The number of carbonyl (C=O) groups excluding carboxylic acids is 1. The third kappa shape index (κ3) is 5.80. The molecule has 0 aliphatic rings. The number of esters is 1. The predicted molar refractivity (Wildman–Crippen MR) is 77.3 cm³/mol. The Morgan fingerprint density at radius 3 is 2.33 bits per heavy atom. The first-order valence-electron chi connectivity index (χ1n) is 6.48. The minimum Gasteiger partial charge on any atom is -0.465 e. The van der Waals surface area contributed by atoms with E-state index in [4.69, 9.17) is 0 Å². The highest BCUT2D eigenvalue weighted by molar-refractivity contribution is 14.1. The van der Waals surface area contributed by atoms with Gasteiger partial charge in [-0.1, -0.05) is 68.5 Å². The third-order valence-corrected chi connectivity index (χ3v) is 4.86. The van der Waals surface area contributed by atoms with Crippen LogP contribution in [0.25, 0.3) is 0 Å². The molecule has 0 radical (unpaired) electrons. The molecule has 0 aromatic carbocycles. The van der Waals surface area contributed by atoms with E-state index >= 15 is 0 Å². The highest BCUT2D eigenvalue weighted by Crippen LogP contribution is 2.34. The van der Waals surface area contributed by atoms with Crippen molar-refractivity contribution >= 4 is 28.6 Å². The van der Waals surface area contributed by atoms with Crippen molar-refractivity contribution in [2.24, 2.45) is 5.92 Å². The Hall–Kier alpha value is 0.0600. The highest BCUT2D eigenvalue weighted by atomic mass is 127. The molecule has 18 heavy (non-hydrogen) atoms. The molecule has 0 aromatic heterocycles. The summed E-state index contributed by atoms with van der Waals surface area (Å²) in [6.45, 7) is 3.56. The average Bonchev–Trinajstić information content (AvgIpc) is 2.36. The zero-order valence-electron chi connectivity index (χ0n) is 11.3.